The molecule has 0 atom stereocenters. The maximum atomic E-state index is 11.1. The number of Topliss-reactive ketones (excluding diaryl/α,β-unsaturated/α-hetero) is 1. The Morgan fingerprint density at radius 3 is 3.09 bits per heavy atom. The number of allylic oxidation sites excluding steroid dienone is 4. The minimum Gasteiger partial charge on any atom is -0.466 e. The van der Waals surface area contributed by atoms with Crippen molar-refractivity contribution >= 4 is 5.78 Å². The van der Waals surface area contributed by atoms with Gasteiger partial charge in [0.15, 0.2) is 5.78 Å². The van der Waals surface area contributed by atoms with Crippen LogP contribution in [0.2, 0.25) is 0 Å². The van der Waals surface area contributed by atoms with Crippen molar-refractivity contribution in [3.63, 3.8) is 0 Å². The largest absolute Gasteiger partial charge is 0.466 e. The van der Waals surface area contributed by atoms with Crippen LogP contribution in [0, 0.1) is 0 Å². The van der Waals surface area contributed by atoms with Crippen LogP contribution in [0.25, 0.3) is 0 Å². The average Bonchev–Trinajstić information content (AvgIpc) is 2.32. The van der Waals surface area contributed by atoms with Crippen molar-refractivity contribution in [3.05, 3.63) is 23.2 Å². The van der Waals surface area contributed by atoms with Gasteiger partial charge in [0.25, 0.3) is 0 Å². The van der Waals surface area contributed by atoms with Crippen molar-refractivity contribution < 1.29 is 9.53 Å². The molecule has 0 radical (unpaired) electrons. The topological polar surface area (TPSA) is 26.3 Å². The molecule has 2 nitrogen and oxygen atoms in total. The zero-order valence-corrected chi connectivity index (χ0v) is 6.52. The summed E-state index contributed by atoms with van der Waals surface area (Å²) in [7, 11) is 0. The van der Waals surface area contributed by atoms with Crippen LogP contribution >= 0.6 is 0 Å². The second-order valence-electron chi connectivity index (χ2n) is 2.95. The molecule has 0 spiro atoms. The second-order valence-corrected chi connectivity index (χ2v) is 2.95. The van der Waals surface area contributed by atoms with Gasteiger partial charge in [-0.15, -0.1) is 0 Å². The first-order valence-electron chi connectivity index (χ1n) is 3.87. The third-order valence-electron chi connectivity index (χ3n) is 2.13. The van der Waals surface area contributed by atoms with E-state index in [2.05, 4.69) is 0 Å². The molecule has 0 unspecified atom stereocenters. The summed E-state index contributed by atoms with van der Waals surface area (Å²) in [5, 5.41) is 0. The van der Waals surface area contributed by atoms with Crippen LogP contribution in [0.15, 0.2) is 23.2 Å². The van der Waals surface area contributed by atoms with Crippen LogP contribution in [0.4, 0.5) is 0 Å². The standard InChI is InChI=1S/C9H10O2/c1-6-2-3-7-8(10)4-5-9(7)11-6/h2H,3-5H2,1H3. The van der Waals surface area contributed by atoms with Crippen LogP contribution in [-0.2, 0) is 9.53 Å². The maximum Gasteiger partial charge on any atom is 0.163 e. The molecule has 2 heteroatoms. The number of carbonyl (C=O) groups excluding carboxylic acids is 1. The molecule has 0 amide bonds. The van der Waals surface area contributed by atoms with Crippen molar-refractivity contribution in [2.75, 3.05) is 0 Å². The minimum atomic E-state index is 0.267. The third-order valence-corrected chi connectivity index (χ3v) is 2.13. The zero-order chi connectivity index (χ0) is 7.84. The van der Waals surface area contributed by atoms with Crippen molar-refractivity contribution in [3.8, 4) is 0 Å². The smallest absolute Gasteiger partial charge is 0.163 e. The van der Waals surface area contributed by atoms with E-state index in [4.69, 9.17) is 4.74 Å². The Balaban J connectivity index is 2.27. The fourth-order valence-corrected chi connectivity index (χ4v) is 1.51. The highest BCUT2D eigenvalue weighted by Gasteiger charge is 2.25. The van der Waals surface area contributed by atoms with E-state index in [0.29, 0.717) is 6.42 Å². The summed E-state index contributed by atoms with van der Waals surface area (Å²) in [5.74, 6) is 2.11. The van der Waals surface area contributed by atoms with Gasteiger partial charge in [-0.05, 0) is 13.0 Å². The number of ether oxygens (including phenoxy) is 1. The van der Waals surface area contributed by atoms with Crippen molar-refractivity contribution in [1.29, 1.82) is 0 Å². The van der Waals surface area contributed by atoms with E-state index in [-0.39, 0.29) is 5.78 Å². The van der Waals surface area contributed by atoms with Crippen LogP contribution < -0.4 is 0 Å². The number of carbonyl (C=O) groups is 1. The number of hydrogen-bond acceptors (Lipinski definition) is 2. The molecule has 0 aromatic carbocycles. The van der Waals surface area contributed by atoms with Gasteiger partial charge in [0.2, 0.25) is 0 Å². The van der Waals surface area contributed by atoms with E-state index in [9.17, 15) is 4.79 Å². The molecule has 0 saturated heterocycles. The summed E-state index contributed by atoms with van der Waals surface area (Å²) >= 11 is 0. The lowest BCUT2D eigenvalue weighted by molar-refractivity contribution is -0.115. The highest BCUT2D eigenvalue weighted by Crippen LogP contribution is 2.31. The quantitative estimate of drug-likeness (QED) is 0.527. The maximum absolute atomic E-state index is 11.1. The molecule has 0 bridgehead atoms. The van der Waals surface area contributed by atoms with E-state index in [1.165, 1.54) is 0 Å². The molecule has 1 heterocycles. The lowest BCUT2D eigenvalue weighted by Gasteiger charge is -2.12. The highest BCUT2D eigenvalue weighted by atomic mass is 16.5. The Kier molecular flexibility index (Phi) is 1.34. The molecule has 0 fully saturated rings. The lowest BCUT2D eigenvalue weighted by atomic mass is 10.1. The minimum absolute atomic E-state index is 0.267. The van der Waals surface area contributed by atoms with Crippen LogP contribution in [0.5, 0.6) is 0 Å². The Bertz CT molecular complexity index is 271. The molecule has 1 aliphatic carbocycles. The van der Waals surface area contributed by atoms with E-state index < -0.39 is 0 Å². The summed E-state index contributed by atoms with van der Waals surface area (Å²) < 4.78 is 5.40. The van der Waals surface area contributed by atoms with Crippen LogP contribution in [0.1, 0.15) is 26.2 Å². The fraction of sp³-hybridized carbons (Fsp3) is 0.444. The monoisotopic (exact) mass is 150 g/mol. The van der Waals surface area contributed by atoms with Crippen molar-refractivity contribution in [2.24, 2.45) is 0 Å². The van der Waals surface area contributed by atoms with Gasteiger partial charge in [-0.3, -0.25) is 4.79 Å². The Morgan fingerprint density at radius 2 is 2.27 bits per heavy atom. The predicted octanol–water partition coefficient (Wildman–Crippen LogP) is 1.93. The number of ketones is 1. The summed E-state index contributed by atoms with van der Waals surface area (Å²) in [4.78, 5) is 11.1. The number of rotatable bonds is 0. The zero-order valence-electron chi connectivity index (χ0n) is 6.52. The molecule has 0 saturated carbocycles. The molecule has 2 rings (SSSR count). The van der Waals surface area contributed by atoms with Gasteiger partial charge in [0.1, 0.15) is 5.76 Å². The lowest BCUT2D eigenvalue weighted by Crippen LogP contribution is -2.01. The first-order valence-corrected chi connectivity index (χ1v) is 3.87. The molecule has 1 aliphatic heterocycles. The van der Waals surface area contributed by atoms with Gasteiger partial charge in [-0.1, -0.05) is 0 Å². The van der Waals surface area contributed by atoms with Gasteiger partial charge >= 0.3 is 0 Å². The van der Waals surface area contributed by atoms with E-state index in [1.54, 1.807) is 0 Å². The molecule has 11 heavy (non-hydrogen) atoms. The van der Waals surface area contributed by atoms with Crippen molar-refractivity contribution in [1.82, 2.24) is 0 Å². The summed E-state index contributed by atoms with van der Waals surface area (Å²) in [6.45, 7) is 1.92. The van der Waals surface area contributed by atoms with Crippen LogP contribution in [0.3, 0.4) is 0 Å². The molecule has 0 N–H and O–H groups in total. The third kappa shape index (κ3) is 0.985. The summed E-state index contributed by atoms with van der Waals surface area (Å²) in [6, 6.07) is 0. The van der Waals surface area contributed by atoms with Gasteiger partial charge in [-0.25, -0.2) is 0 Å². The van der Waals surface area contributed by atoms with Gasteiger partial charge in [0, 0.05) is 24.8 Å². The van der Waals surface area contributed by atoms with Crippen LogP contribution in [-0.4, -0.2) is 5.78 Å². The molecule has 58 valence electrons. The second kappa shape index (κ2) is 2.22. The predicted molar refractivity (Wildman–Crippen MR) is 40.7 cm³/mol. The van der Waals surface area contributed by atoms with Gasteiger partial charge < -0.3 is 4.74 Å². The Morgan fingerprint density at radius 1 is 1.45 bits per heavy atom. The normalized spacial score (nSPS) is 23.0. The Labute approximate surface area is 65.5 Å². The molecule has 0 aromatic heterocycles. The number of hydrogen-bond donors (Lipinski definition) is 0. The van der Waals surface area contributed by atoms with E-state index >= 15 is 0 Å². The molecule has 0 aromatic rings. The average molecular weight is 150 g/mol. The first kappa shape index (κ1) is 6.65. The SMILES string of the molecule is CC1=CCC2=C(CCC2=O)O1. The first-order chi connectivity index (χ1) is 5.27. The van der Waals surface area contributed by atoms with Gasteiger partial charge in [-0.2, -0.15) is 0 Å². The summed E-state index contributed by atoms with van der Waals surface area (Å²) in [6.07, 6.45) is 4.19. The highest BCUT2D eigenvalue weighted by molar-refractivity contribution is 5.98. The molecular formula is C9H10O2. The van der Waals surface area contributed by atoms with Crippen molar-refractivity contribution in [2.45, 2.75) is 26.2 Å². The van der Waals surface area contributed by atoms with E-state index in [0.717, 1.165) is 29.9 Å². The molecular weight excluding hydrogens is 140 g/mol. The summed E-state index contributed by atoms with van der Waals surface area (Å²) in [5.41, 5.74) is 0.899. The van der Waals surface area contributed by atoms with E-state index in [1.807, 2.05) is 13.0 Å². The molecule has 2 aliphatic rings. The Hall–Kier alpha value is -1.05. The van der Waals surface area contributed by atoms with Gasteiger partial charge in [0.05, 0.1) is 5.76 Å². The fourth-order valence-electron chi connectivity index (χ4n) is 1.51.